The van der Waals surface area contributed by atoms with Gasteiger partial charge in [-0.05, 0) is 25.0 Å². The molecular formula is C13H14O2. The van der Waals surface area contributed by atoms with Gasteiger partial charge in [-0.3, -0.25) is 4.79 Å². The minimum absolute atomic E-state index is 0.0670. The van der Waals surface area contributed by atoms with Crippen molar-refractivity contribution >= 4 is 12.0 Å². The minimum Gasteiger partial charge on any atom is -0.481 e. The Bertz CT molecular complexity index is 444. The lowest BCUT2D eigenvalue weighted by Gasteiger charge is -2.12. The highest BCUT2D eigenvalue weighted by atomic mass is 16.4. The van der Waals surface area contributed by atoms with Gasteiger partial charge in [-0.2, -0.15) is 0 Å². The molecular weight excluding hydrogens is 188 g/mol. The first kappa shape index (κ1) is 9.97. The zero-order valence-corrected chi connectivity index (χ0v) is 8.95. The molecule has 0 aliphatic heterocycles. The van der Waals surface area contributed by atoms with Crippen LogP contribution in [0.1, 0.15) is 36.0 Å². The average molecular weight is 202 g/mol. The second kappa shape index (κ2) is 3.54. The summed E-state index contributed by atoms with van der Waals surface area (Å²) < 4.78 is 0. The summed E-state index contributed by atoms with van der Waals surface area (Å²) in [5, 5.41) is 8.86. The molecule has 0 radical (unpaired) electrons. The molecule has 0 heterocycles. The number of rotatable bonds is 2. The predicted octanol–water partition coefficient (Wildman–Crippen LogP) is 2.97. The summed E-state index contributed by atoms with van der Waals surface area (Å²) in [5.41, 5.74) is 4.67. The van der Waals surface area contributed by atoms with Crippen LogP contribution in [0.25, 0.3) is 6.08 Å². The van der Waals surface area contributed by atoms with Crippen molar-refractivity contribution in [3.05, 3.63) is 40.5 Å². The van der Waals surface area contributed by atoms with Crippen LogP contribution in [0, 0.1) is 6.92 Å². The number of aryl methyl sites for hydroxylation is 1. The number of hydrogen-bond donors (Lipinski definition) is 1. The first-order chi connectivity index (χ1) is 7.08. The number of carboxylic acid groups (broad SMARTS) is 1. The Labute approximate surface area is 89.2 Å². The van der Waals surface area contributed by atoms with E-state index in [1.807, 2.05) is 13.8 Å². The monoisotopic (exact) mass is 202 g/mol. The maximum absolute atomic E-state index is 10.8. The van der Waals surface area contributed by atoms with Gasteiger partial charge in [-0.25, -0.2) is 0 Å². The van der Waals surface area contributed by atoms with Crippen LogP contribution >= 0.6 is 0 Å². The van der Waals surface area contributed by atoms with Gasteiger partial charge >= 0.3 is 5.97 Å². The molecule has 0 saturated carbocycles. The second-order valence-corrected chi connectivity index (χ2v) is 4.17. The van der Waals surface area contributed by atoms with Crippen LogP contribution in [0.15, 0.2) is 23.8 Å². The van der Waals surface area contributed by atoms with Gasteiger partial charge in [-0.15, -0.1) is 0 Å². The van der Waals surface area contributed by atoms with Crippen molar-refractivity contribution in [1.82, 2.24) is 0 Å². The molecule has 0 saturated heterocycles. The first-order valence-corrected chi connectivity index (χ1v) is 5.08. The standard InChI is InChI=1S/C13H14O2/c1-8-3-4-10-6-9(2)11(7-13(14)15)12(10)5-8/h3-6,11H,7H2,1-2H3,(H,14,15). The predicted molar refractivity (Wildman–Crippen MR) is 59.8 cm³/mol. The van der Waals surface area contributed by atoms with Crippen LogP contribution in [0.3, 0.4) is 0 Å². The zero-order valence-electron chi connectivity index (χ0n) is 8.95. The summed E-state index contributed by atoms with van der Waals surface area (Å²) in [6.45, 7) is 4.04. The van der Waals surface area contributed by atoms with Gasteiger partial charge in [0.15, 0.2) is 0 Å². The normalized spacial score (nSPS) is 18.5. The molecule has 78 valence electrons. The van der Waals surface area contributed by atoms with Gasteiger partial charge in [0.05, 0.1) is 6.42 Å². The summed E-state index contributed by atoms with van der Waals surface area (Å²) in [6.07, 6.45) is 2.28. The van der Waals surface area contributed by atoms with E-state index < -0.39 is 5.97 Å². The van der Waals surface area contributed by atoms with Gasteiger partial charge in [0.2, 0.25) is 0 Å². The van der Waals surface area contributed by atoms with Crippen LogP contribution in [-0.4, -0.2) is 11.1 Å². The second-order valence-electron chi connectivity index (χ2n) is 4.17. The molecule has 0 aromatic heterocycles. The Morgan fingerprint density at radius 1 is 1.40 bits per heavy atom. The van der Waals surface area contributed by atoms with Crippen LogP contribution in [0.5, 0.6) is 0 Å². The Morgan fingerprint density at radius 3 is 2.80 bits per heavy atom. The van der Waals surface area contributed by atoms with Crippen molar-refractivity contribution < 1.29 is 9.90 Å². The topological polar surface area (TPSA) is 37.3 Å². The van der Waals surface area contributed by atoms with Gasteiger partial charge in [0.25, 0.3) is 0 Å². The summed E-state index contributed by atoms with van der Waals surface area (Å²) in [5.74, 6) is -0.667. The van der Waals surface area contributed by atoms with E-state index in [9.17, 15) is 4.79 Å². The molecule has 1 aromatic rings. The van der Waals surface area contributed by atoms with Crippen molar-refractivity contribution in [2.24, 2.45) is 0 Å². The Kier molecular flexibility index (Phi) is 2.35. The largest absolute Gasteiger partial charge is 0.481 e. The van der Waals surface area contributed by atoms with Crippen LogP contribution < -0.4 is 0 Å². The molecule has 1 N–H and O–H groups in total. The van der Waals surface area contributed by atoms with Crippen molar-refractivity contribution in [3.8, 4) is 0 Å². The van der Waals surface area contributed by atoms with E-state index in [1.165, 1.54) is 11.1 Å². The van der Waals surface area contributed by atoms with Gasteiger partial charge in [-0.1, -0.05) is 35.4 Å². The van der Waals surface area contributed by atoms with E-state index in [2.05, 4.69) is 24.3 Å². The molecule has 2 rings (SSSR count). The van der Waals surface area contributed by atoms with Crippen LogP contribution in [0.2, 0.25) is 0 Å². The summed E-state index contributed by atoms with van der Waals surface area (Å²) in [6, 6.07) is 6.22. The molecule has 1 unspecified atom stereocenters. The number of allylic oxidation sites excluding steroid dienone is 1. The molecule has 1 aliphatic carbocycles. The lowest BCUT2D eigenvalue weighted by Crippen LogP contribution is -2.05. The fourth-order valence-corrected chi connectivity index (χ4v) is 2.16. The van der Waals surface area contributed by atoms with Crippen molar-refractivity contribution in [2.45, 2.75) is 26.2 Å². The fraction of sp³-hybridized carbons (Fsp3) is 0.308. The molecule has 1 aromatic carbocycles. The molecule has 15 heavy (non-hydrogen) atoms. The summed E-state index contributed by atoms with van der Waals surface area (Å²) in [7, 11) is 0. The lowest BCUT2D eigenvalue weighted by atomic mass is 9.92. The van der Waals surface area contributed by atoms with E-state index in [0.717, 1.165) is 11.1 Å². The molecule has 0 spiro atoms. The third-order valence-corrected chi connectivity index (χ3v) is 2.93. The Hall–Kier alpha value is -1.57. The molecule has 1 aliphatic rings. The molecule has 0 bridgehead atoms. The fourth-order valence-electron chi connectivity index (χ4n) is 2.16. The van der Waals surface area contributed by atoms with Gasteiger partial charge in [0.1, 0.15) is 0 Å². The average Bonchev–Trinajstić information content (AvgIpc) is 2.43. The van der Waals surface area contributed by atoms with E-state index in [0.29, 0.717) is 0 Å². The van der Waals surface area contributed by atoms with E-state index in [4.69, 9.17) is 5.11 Å². The maximum Gasteiger partial charge on any atom is 0.304 e. The minimum atomic E-state index is -0.734. The Balaban J connectivity index is 2.40. The number of carbonyl (C=O) groups is 1. The maximum atomic E-state index is 10.8. The molecule has 0 fully saturated rings. The van der Waals surface area contributed by atoms with Crippen molar-refractivity contribution in [3.63, 3.8) is 0 Å². The molecule has 2 heteroatoms. The number of carboxylic acids is 1. The number of benzene rings is 1. The van der Waals surface area contributed by atoms with E-state index in [1.54, 1.807) is 0 Å². The molecule has 0 amide bonds. The van der Waals surface area contributed by atoms with Crippen LogP contribution in [0.4, 0.5) is 0 Å². The summed E-state index contributed by atoms with van der Waals surface area (Å²) >= 11 is 0. The highest BCUT2D eigenvalue weighted by Crippen LogP contribution is 2.38. The number of fused-ring (bicyclic) bond motifs is 1. The molecule has 1 atom stereocenters. The SMILES string of the molecule is CC1=Cc2ccc(C)cc2C1CC(=O)O. The van der Waals surface area contributed by atoms with E-state index in [-0.39, 0.29) is 12.3 Å². The highest BCUT2D eigenvalue weighted by Gasteiger charge is 2.24. The van der Waals surface area contributed by atoms with Crippen molar-refractivity contribution in [2.75, 3.05) is 0 Å². The van der Waals surface area contributed by atoms with Gasteiger partial charge in [0, 0.05) is 5.92 Å². The Morgan fingerprint density at radius 2 is 2.13 bits per heavy atom. The zero-order chi connectivity index (χ0) is 11.0. The number of hydrogen-bond acceptors (Lipinski definition) is 1. The third-order valence-electron chi connectivity index (χ3n) is 2.93. The quantitative estimate of drug-likeness (QED) is 0.800. The highest BCUT2D eigenvalue weighted by molar-refractivity contribution is 5.74. The molecule has 2 nitrogen and oxygen atoms in total. The first-order valence-electron chi connectivity index (χ1n) is 5.08. The summed E-state index contributed by atoms with van der Waals surface area (Å²) in [4.78, 5) is 10.8. The number of aliphatic carboxylic acids is 1. The smallest absolute Gasteiger partial charge is 0.304 e. The van der Waals surface area contributed by atoms with Gasteiger partial charge < -0.3 is 5.11 Å². The lowest BCUT2D eigenvalue weighted by molar-refractivity contribution is -0.137. The van der Waals surface area contributed by atoms with Crippen LogP contribution in [-0.2, 0) is 4.79 Å². The van der Waals surface area contributed by atoms with E-state index >= 15 is 0 Å². The third kappa shape index (κ3) is 1.80. The van der Waals surface area contributed by atoms with Crippen molar-refractivity contribution in [1.29, 1.82) is 0 Å².